The van der Waals surface area contributed by atoms with Crippen molar-refractivity contribution in [3.63, 3.8) is 0 Å². The number of hydrogen-bond donors (Lipinski definition) is 1. The largest absolute Gasteiger partial charge is 0.396 e. The molecule has 0 aromatic carbocycles. The number of nitrogen functional groups attached to an aromatic ring is 1. The molecule has 2 aromatic rings. The lowest BCUT2D eigenvalue weighted by atomic mass is 10.1. The highest BCUT2D eigenvalue weighted by Crippen LogP contribution is 2.13. The molecule has 0 aliphatic heterocycles. The van der Waals surface area contributed by atoms with Gasteiger partial charge in [0.25, 0.3) is 5.56 Å². The van der Waals surface area contributed by atoms with Crippen LogP contribution in [0.1, 0.15) is 25.3 Å². The molecular weight excluding hydrogens is 214 g/mol. The molecular formula is C13H15N3O. The van der Waals surface area contributed by atoms with Gasteiger partial charge in [-0.2, -0.15) is 0 Å². The van der Waals surface area contributed by atoms with Crippen molar-refractivity contribution in [2.45, 2.75) is 19.8 Å². The van der Waals surface area contributed by atoms with Gasteiger partial charge in [0, 0.05) is 18.0 Å². The molecule has 0 bridgehead atoms. The molecule has 2 heterocycles. The van der Waals surface area contributed by atoms with Gasteiger partial charge in [0.2, 0.25) is 0 Å². The molecule has 4 heteroatoms. The van der Waals surface area contributed by atoms with Gasteiger partial charge in [-0.1, -0.05) is 19.9 Å². The highest BCUT2D eigenvalue weighted by molar-refractivity contribution is 5.52. The van der Waals surface area contributed by atoms with Crippen molar-refractivity contribution >= 4 is 5.69 Å². The minimum atomic E-state index is -0.0621. The summed E-state index contributed by atoms with van der Waals surface area (Å²) in [4.78, 5) is 16.4. The van der Waals surface area contributed by atoms with Crippen molar-refractivity contribution in [1.29, 1.82) is 0 Å². The van der Waals surface area contributed by atoms with Crippen LogP contribution in [0.5, 0.6) is 0 Å². The predicted octanol–water partition coefficient (Wildman–Crippen LogP) is 1.94. The van der Waals surface area contributed by atoms with E-state index in [4.69, 9.17) is 5.73 Å². The Kier molecular flexibility index (Phi) is 2.95. The van der Waals surface area contributed by atoms with Crippen LogP contribution >= 0.6 is 0 Å². The molecule has 0 spiro atoms. The fraction of sp³-hybridized carbons (Fsp3) is 0.231. The number of hydrogen-bond acceptors (Lipinski definition) is 3. The first-order chi connectivity index (χ1) is 8.11. The molecule has 2 rings (SSSR count). The van der Waals surface area contributed by atoms with Crippen LogP contribution in [0.25, 0.3) is 5.82 Å². The van der Waals surface area contributed by atoms with E-state index in [9.17, 15) is 4.79 Å². The Bertz CT molecular complexity index is 587. The lowest BCUT2D eigenvalue weighted by Crippen LogP contribution is -2.23. The van der Waals surface area contributed by atoms with E-state index in [0.29, 0.717) is 11.5 Å². The van der Waals surface area contributed by atoms with E-state index in [0.717, 1.165) is 5.56 Å². The second-order valence-electron chi connectivity index (χ2n) is 4.21. The first-order valence-electron chi connectivity index (χ1n) is 5.53. The summed E-state index contributed by atoms with van der Waals surface area (Å²) in [5, 5.41) is 0. The van der Waals surface area contributed by atoms with Gasteiger partial charge < -0.3 is 5.73 Å². The van der Waals surface area contributed by atoms with Crippen LogP contribution in [-0.4, -0.2) is 9.55 Å². The van der Waals surface area contributed by atoms with E-state index in [1.165, 1.54) is 4.57 Å². The summed E-state index contributed by atoms with van der Waals surface area (Å²) in [6.45, 7) is 3.98. The molecule has 0 amide bonds. The van der Waals surface area contributed by atoms with Crippen molar-refractivity contribution in [3.8, 4) is 5.82 Å². The maximum Gasteiger partial charge on any atom is 0.259 e. The van der Waals surface area contributed by atoms with Gasteiger partial charge in [-0.3, -0.25) is 9.36 Å². The van der Waals surface area contributed by atoms with E-state index in [-0.39, 0.29) is 11.5 Å². The van der Waals surface area contributed by atoms with E-state index in [2.05, 4.69) is 4.98 Å². The van der Waals surface area contributed by atoms with Gasteiger partial charge >= 0.3 is 0 Å². The Hall–Kier alpha value is -2.10. The second kappa shape index (κ2) is 4.41. The zero-order chi connectivity index (χ0) is 12.4. The topological polar surface area (TPSA) is 60.9 Å². The van der Waals surface area contributed by atoms with Crippen molar-refractivity contribution < 1.29 is 0 Å². The SMILES string of the molecule is CC(C)c1cccn(-c2ncccc2N)c1=O. The fourth-order valence-electron chi connectivity index (χ4n) is 1.73. The standard InChI is InChI=1S/C13H15N3O/c1-9(2)10-5-4-8-16(13(10)17)12-11(14)6-3-7-15-12/h3-9H,14H2,1-2H3. The van der Waals surface area contributed by atoms with Crippen molar-refractivity contribution in [2.24, 2.45) is 0 Å². The first-order valence-corrected chi connectivity index (χ1v) is 5.53. The zero-order valence-electron chi connectivity index (χ0n) is 9.92. The summed E-state index contributed by atoms with van der Waals surface area (Å²) in [5.74, 6) is 0.667. The Morgan fingerprint density at radius 1 is 1.29 bits per heavy atom. The highest BCUT2D eigenvalue weighted by Gasteiger charge is 2.10. The third-order valence-electron chi connectivity index (χ3n) is 2.64. The molecule has 0 radical (unpaired) electrons. The monoisotopic (exact) mass is 229 g/mol. The lowest BCUT2D eigenvalue weighted by Gasteiger charge is -2.10. The van der Waals surface area contributed by atoms with Crippen LogP contribution in [0.3, 0.4) is 0 Å². The predicted molar refractivity (Wildman–Crippen MR) is 68.3 cm³/mol. The summed E-state index contributed by atoms with van der Waals surface area (Å²) in [7, 11) is 0. The van der Waals surface area contributed by atoms with Gasteiger partial charge in [-0.15, -0.1) is 0 Å². The third-order valence-corrected chi connectivity index (χ3v) is 2.64. The third kappa shape index (κ3) is 2.06. The molecule has 2 N–H and O–H groups in total. The van der Waals surface area contributed by atoms with E-state index in [1.807, 2.05) is 26.0 Å². The van der Waals surface area contributed by atoms with Crippen molar-refractivity contribution in [2.75, 3.05) is 5.73 Å². The number of anilines is 1. The van der Waals surface area contributed by atoms with E-state index < -0.39 is 0 Å². The number of nitrogens with zero attached hydrogens (tertiary/aromatic N) is 2. The normalized spacial score (nSPS) is 10.8. The minimum Gasteiger partial charge on any atom is -0.396 e. The zero-order valence-corrected chi connectivity index (χ0v) is 9.92. The Morgan fingerprint density at radius 3 is 2.71 bits per heavy atom. The van der Waals surface area contributed by atoms with Crippen LogP contribution in [0, 0.1) is 0 Å². The number of pyridine rings is 2. The summed E-state index contributed by atoms with van der Waals surface area (Å²) < 4.78 is 1.49. The summed E-state index contributed by atoms with van der Waals surface area (Å²) in [6.07, 6.45) is 3.31. The smallest absolute Gasteiger partial charge is 0.259 e. The van der Waals surface area contributed by atoms with Gasteiger partial charge in [-0.05, 0) is 24.1 Å². The van der Waals surface area contributed by atoms with Crippen LogP contribution in [0.4, 0.5) is 5.69 Å². The lowest BCUT2D eigenvalue weighted by molar-refractivity contribution is 0.813. The van der Waals surface area contributed by atoms with Crippen molar-refractivity contribution in [1.82, 2.24) is 9.55 Å². The number of aromatic nitrogens is 2. The maximum absolute atomic E-state index is 12.2. The highest BCUT2D eigenvalue weighted by atomic mass is 16.1. The first kappa shape index (κ1) is 11.4. The average molecular weight is 229 g/mol. The summed E-state index contributed by atoms with van der Waals surface area (Å²) in [6, 6.07) is 7.15. The molecule has 88 valence electrons. The van der Waals surface area contributed by atoms with Gasteiger partial charge in [0.15, 0.2) is 5.82 Å². The molecule has 0 atom stereocenters. The van der Waals surface area contributed by atoms with Crippen molar-refractivity contribution in [3.05, 3.63) is 52.6 Å². The molecule has 0 aliphatic rings. The molecule has 0 aliphatic carbocycles. The summed E-state index contributed by atoms with van der Waals surface area (Å²) >= 11 is 0. The summed E-state index contributed by atoms with van der Waals surface area (Å²) in [5.41, 5.74) is 7.02. The molecule has 0 saturated heterocycles. The maximum atomic E-state index is 12.2. The van der Waals surface area contributed by atoms with Crippen LogP contribution < -0.4 is 11.3 Å². The van der Waals surface area contributed by atoms with E-state index >= 15 is 0 Å². The fourth-order valence-corrected chi connectivity index (χ4v) is 1.73. The Labute approximate surface area is 99.7 Å². The molecule has 4 nitrogen and oxygen atoms in total. The second-order valence-corrected chi connectivity index (χ2v) is 4.21. The quantitative estimate of drug-likeness (QED) is 0.856. The number of nitrogens with two attached hydrogens (primary N) is 1. The minimum absolute atomic E-state index is 0.0621. The molecule has 17 heavy (non-hydrogen) atoms. The Morgan fingerprint density at radius 2 is 2.06 bits per heavy atom. The van der Waals surface area contributed by atoms with Crippen LogP contribution in [0.2, 0.25) is 0 Å². The Balaban J connectivity index is 2.66. The van der Waals surface area contributed by atoms with Crippen LogP contribution in [0.15, 0.2) is 41.5 Å². The number of rotatable bonds is 2. The molecule has 0 saturated carbocycles. The molecule has 2 aromatic heterocycles. The van der Waals surface area contributed by atoms with Gasteiger partial charge in [-0.25, -0.2) is 4.98 Å². The van der Waals surface area contributed by atoms with E-state index in [1.54, 1.807) is 24.5 Å². The van der Waals surface area contributed by atoms with Gasteiger partial charge in [0.1, 0.15) is 0 Å². The average Bonchev–Trinajstić information content (AvgIpc) is 2.30. The van der Waals surface area contributed by atoms with Crippen LogP contribution in [-0.2, 0) is 0 Å². The van der Waals surface area contributed by atoms with Gasteiger partial charge in [0.05, 0.1) is 5.69 Å². The molecule has 0 fully saturated rings. The molecule has 0 unspecified atom stereocenters.